The van der Waals surface area contributed by atoms with Crippen molar-refractivity contribution in [2.75, 3.05) is 45.7 Å². The molecule has 0 spiro atoms. The summed E-state index contributed by atoms with van der Waals surface area (Å²) < 4.78 is 0. The summed E-state index contributed by atoms with van der Waals surface area (Å²) in [4.78, 5) is 17.5. The van der Waals surface area contributed by atoms with Crippen LogP contribution in [0.5, 0.6) is 0 Å². The van der Waals surface area contributed by atoms with Gasteiger partial charge < -0.3 is 15.5 Å². The lowest BCUT2D eigenvalue weighted by atomic mass is 10.1. The molecule has 0 aliphatic heterocycles. The summed E-state index contributed by atoms with van der Waals surface area (Å²) >= 11 is 1.77. The zero-order valence-corrected chi connectivity index (χ0v) is 14.4. The summed E-state index contributed by atoms with van der Waals surface area (Å²) in [6, 6.07) is 10.3. The van der Waals surface area contributed by atoms with E-state index in [0.29, 0.717) is 5.96 Å². The van der Waals surface area contributed by atoms with Gasteiger partial charge in [-0.3, -0.25) is 4.79 Å². The minimum atomic E-state index is -0.00553. The molecule has 1 aromatic carbocycles. The number of hydrogen-bond acceptors (Lipinski definition) is 3. The molecule has 22 heavy (non-hydrogen) atoms. The van der Waals surface area contributed by atoms with E-state index >= 15 is 0 Å². The van der Waals surface area contributed by atoms with Crippen molar-refractivity contribution >= 4 is 23.6 Å². The minimum Gasteiger partial charge on any atom is -0.356 e. The van der Waals surface area contributed by atoms with Gasteiger partial charge in [0.25, 0.3) is 0 Å². The maximum absolute atomic E-state index is 11.6. The maximum atomic E-state index is 11.6. The summed E-state index contributed by atoms with van der Waals surface area (Å²) in [6.07, 6.45) is 2.99. The van der Waals surface area contributed by atoms with Gasteiger partial charge in [-0.1, -0.05) is 30.3 Å². The average molecular weight is 322 g/mol. The van der Waals surface area contributed by atoms with Crippen LogP contribution in [0.15, 0.2) is 35.3 Å². The molecule has 1 aromatic rings. The molecule has 0 saturated carbocycles. The Morgan fingerprint density at radius 1 is 1.18 bits per heavy atom. The monoisotopic (exact) mass is 322 g/mol. The van der Waals surface area contributed by atoms with Crippen LogP contribution in [-0.2, 0) is 11.2 Å². The molecule has 0 unspecified atom stereocenters. The van der Waals surface area contributed by atoms with Gasteiger partial charge in [0.05, 0.1) is 0 Å². The molecule has 2 N–H and O–H groups in total. The molecule has 0 radical (unpaired) electrons. The largest absolute Gasteiger partial charge is 0.356 e. The Bertz CT molecular complexity index is 462. The Balaban J connectivity index is 2.46. The van der Waals surface area contributed by atoms with Crippen LogP contribution in [0.1, 0.15) is 5.56 Å². The molecule has 0 aromatic heterocycles. The number of benzene rings is 1. The number of guanidine groups is 1. The van der Waals surface area contributed by atoms with Crippen molar-refractivity contribution in [3.05, 3.63) is 35.9 Å². The molecule has 122 valence electrons. The number of carbonyl (C=O) groups excluding carboxylic acids is 1. The van der Waals surface area contributed by atoms with Crippen LogP contribution in [-0.4, -0.2) is 62.5 Å². The molecule has 6 heteroatoms. The van der Waals surface area contributed by atoms with Crippen molar-refractivity contribution in [1.82, 2.24) is 15.5 Å². The second kappa shape index (κ2) is 11.0. The highest BCUT2D eigenvalue weighted by molar-refractivity contribution is 7.98. The molecule has 1 rings (SSSR count). The van der Waals surface area contributed by atoms with E-state index in [9.17, 15) is 4.79 Å². The Hall–Kier alpha value is -1.69. The molecule has 0 aliphatic rings. The summed E-state index contributed by atoms with van der Waals surface area (Å²) in [7, 11) is 3.48. The summed E-state index contributed by atoms with van der Waals surface area (Å²) in [5, 5.41) is 6.53. The van der Waals surface area contributed by atoms with E-state index in [1.807, 2.05) is 18.2 Å². The predicted molar refractivity (Wildman–Crippen MR) is 95.5 cm³/mol. The highest BCUT2D eigenvalue weighted by Crippen LogP contribution is 1.98. The zero-order chi connectivity index (χ0) is 16.2. The maximum Gasteiger partial charge on any atom is 0.243 e. The van der Waals surface area contributed by atoms with E-state index in [2.05, 4.69) is 34.0 Å². The third-order valence-electron chi connectivity index (χ3n) is 3.02. The fourth-order valence-electron chi connectivity index (χ4n) is 1.70. The van der Waals surface area contributed by atoms with Gasteiger partial charge in [0.2, 0.25) is 5.91 Å². The normalized spacial score (nSPS) is 11.1. The fourth-order valence-corrected chi connectivity index (χ4v) is 2.01. The van der Waals surface area contributed by atoms with Gasteiger partial charge in [0, 0.05) is 32.9 Å². The molecule has 0 aliphatic carbocycles. The Morgan fingerprint density at radius 3 is 2.50 bits per heavy atom. The van der Waals surface area contributed by atoms with E-state index < -0.39 is 0 Å². The Labute approximate surface area is 137 Å². The van der Waals surface area contributed by atoms with E-state index in [1.165, 1.54) is 5.56 Å². The van der Waals surface area contributed by atoms with Crippen molar-refractivity contribution in [2.45, 2.75) is 6.42 Å². The third-order valence-corrected chi connectivity index (χ3v) is 3.63. The number of thioether (sulfide) groups is 1. The number of nitrogens with zero attached hydrogens (tertiary/aromatic N) is 2. The standard InChI is InChI=1S/C16H26N4OS/c1-20(2)15(21)13-19-16(18-11-12-22-3)17-10-9-14-7-5-4-6-8-14/h4-8H,9-13H2,1-3H3,(H2,17,18,19). The SMILES string of the molecule is CSCCNC(=NCC(=O)N(C)C)NCCc1ccccc1. The molecule has 1 amide bonds. The van der Waals surface area contributed by atoms with Crippen molar-refractivity contribution in [3.8, 4) is 0 Å². The summed E-state index contributed by atoms with van der Waals surface area (Å²) in [5.74, 6) is 1.69. The van der Waals surface area contributed by atoms with Crippen molar-refractivity contribution in [1.29, 1.82) is 0 Å². The van der Waals surface area contributed by atoms with Crippen LogP contribution in [0, 0.1) is 0 Å². The van der Waals surface area contributed by atoms with Crippen LogP contribution in [0.4, 0.5) is 0 Å². The average Bonchev–Trinajstić information content (AvgIpc) is 2.52. The number of amides is 1. The molecule has 0 saturated heterocycles. The second-order valence-corrected chi connectivity index (χ2v) is 6.02. The zero-order valence-electron chi connectivity index (χ0n) is 13.6. The number of hydrogen-bond donors (Lipinski definition) is 2. The molecule has 0 bridgehead atoms. The smallest absolute Gasteiger partial charge is 0.243 e. The van der Waals surface area contributed by atoms with Gasteiger partial charge >= 0.3 is 0 Å². The van der Waals surface area contributed by atoms with Crippen molar-refractivity contribution in [3.63, 3.8) is 0 Å². The lowest BCUT2D eigenvalue weighted by Crippen LogP contribution is -2.40. The van der Waals surface area contributed by atoms with E-state index in [1.54, 1.807) is 30.8 Å². The molecule has 5 nitrogen and oxygen atoms in total. The van der Waals surface area contributed by atoms with Crippen molar-refractivity contribution < 1.29 is 4.79 Å². The van der Waals surface area contributed by atoms with Gasteiger partial charge in [0.15, 0.2) is 5.96 Å². The molecule has 0 heterocycles. The van der Waals surface area contributed by atoms with Crippen molar-refractivity contribution in [2.24, 2.45) is 4.99 Å². The quantitative estimate of drug-likeness (QED) is 0.429. The molecular formula is C16H26N4OS. The number of rotatable bonds is 8. The third kappa shape index (κ3) is 7.93. The lowest BCUT2D eigenvalue weighted by Gasteiger charge is -2.13. The Kier molecular flexibility index (Phi) is 9.14. The summed E-state index contributed by atoms with van der Waals surface area (Å²) in [5.41, 5.74) is 1.28. The Morgan fingerprint density at radius 2 is 1.86 bits per heavy atom. The van der Waals surface area contributed by atoms with Crippen LogP contribution in [0.2, 0.25) is 0 Å². The lowest BCUT2D eigenvalue weighted by molar-refractivity contribution is -0.127. The van der Waals surface area contributed by atoms with Crippen LogP contribution < -0.4 is 10.6 Å². The highest BCUT2D eigenvalue weighted by Gasteiger charge is 2.04. The van der Waals surface area contributed by atoms with Crippen LogP contribution in [0.25, 0.3) is 0 Å². The second-order valence-electron chi connectivity index (χ2n) is 5.03. The highest BCUT2D eigenvalue weighted by atomic mass is 32.2. The van der Waals surface area contributed by atoms with Gasteiger partial charge in [0.1, 0.15) is 6.54 Å². The summed E-state index contributed by atoms with van der Waals surface area (Å²) in [6.45, 7) is 1.77. The fraction of sp³-hybridized carbons (Fsp3) is 0.500. The first-order valence-electron chi connectivity index (χ1n) is 7.38. The van der Waals surface area contributed by atoms with Gasteiger partial charge in [-0.15, -0.1) is 0 Å². The predicted octanol–water partition coefficient (Wildman–Crippen LogP) is 1.22. The first-order valence-corrected chi connectivity index (χ1v) is 8.78. The minimum absolute atomic E-state index is 0.00553. The number of likely N-dealkylation sites (N-methyl/N-ethyl adjacent to an activating group) is 1. The van der Waals surface area contributed by atoms with Gasteiger partial charge in [-0.05, 0) is 18.2 Å². The molecule has 0 atom stereocenters. The molecule has 0 fully saturated rings. The topological polar surface area (TPSA) is 56.7 Å². The van der Waals surface area contributed by atoms with E-state index in [-0.39, 0.29) is 12.5 Å². The van der Waals surface area contributed by atoms with Crippen LogP contribution >= 0.6 is 11.8 Å². The van der Waals surface area contributed by atoms with Gasteiger partial charge in [-0.2, -0.15) is 11.8 Å². The number of carbonyl (C=O) groups is 1. The number of nitrogens with one attached hydrogen (secondary N) is 2. The van der Waals surface area contributed by atoms with E-state index in [4.69, 9.17) is 0 Å². The number of aliphatic imine (C=N–C) groups is 1. The first-order chi connectivity index (χ1) is 10.6. The van der Waals surface area contributed by atoms with Gasteiger partial charge in [-0.25, -0.2) is 4.99 Å². The van der Waals surface area contributed by atoms with E-state index in [0.717, 1.165) is 25.3 Å². The van der Waals surface area contributed by atoms with Crippen LogP contribution in [0.3, 0.4) is 0 Å². The first kappa shape index (κ1) is 18.4. The molecular weight excluding hydrogens is 296 g/mol.